The number of benzene rings is 1. The molecule has 1 saturated heterocycles. The summed E-state index contributed by atoms with van der Waals surface area (Å²) in [4.78, 5) is 22.8. The Labute approximate surface area is 104 Å². The maximum absolute atomic E-state index is 10.7. The lowest BCUT2D eigenvalue weighted by Gasteiger charge is -2.33. The first-order valence-corrected chi connectivity index (χ1v) is 5.78. The maximum atomic E-state index is 10.7. The SMILES string of the molecule is O=C([O-])C1CCN(c2ccc([N+](=O)[O-])cc2)CC1. The highest BCUT2D eigenvalue weighted by Crippen LogP contribution is 2.24. The van der Waals surface area contributed by atoms with E-state index in [-0.39, 0.29) is 11.6 Å². The summed E-state index contributed by atoms with van der Waals surface area (Å²) in [6.45, 7) is 1.27. The minimum atomic E-state index is -0.988. The summed E-state index contributed by atoms with van der Waals surface area (Å²) >= 11 is 0. The Morgan fingerprint density at radius 3 is 2.22 bits per heavy atom. The molecule has 1 aromatic rings. The van der Waals surface area contributed by atoms with Crippen molar-refractivity contribution in [1.29, 1.82) is 0 Å². The molecule has 0 atom stereocenters. The minimum absolute atomic E-state index is 0.0587. The summed E-state index contributed by atoms with van der Waals surface area (Å²) in [6, 6.07) is 6.30. The first-order valence-electron chi connectivity index (χ1n) is 5.78. The fourth-order valence-electron chi connectivity index (χ4n) is 2.16. The highest BCUT2D eigenvalue weighted by molar-refractivity contribution is 5.68. The zero-order valence-electron chi connectivity index (χ0n) is 9.74. The molecule has 0 bridgehead atoms. The van der Waals surface area contributed by atoms with Gasteiger partial charge in [0, 0.05) is 42.8 Å². The number of non-ortho nitro benzene ring substituents is 1. The second-order valence-corrected chi connectivity index (χ2v) is 4.35. The lowest BCUT2D eigenvalue weighted by Crippen LogP contribution is -2.41. The number of aliphatic carboxylic acids is 1. The number of nitro groups is 1. The van der Waals surface area contributed by atoms with Gasteiger partial charge in [0.15, 0.2) is 0 Å². The van der Waals surface area contributed by atoms with Gasteiger partial charge in [-0.05, 0) is 25.0 Å². The topological polar surface area (TPSA) is 86.5 Å². The lowest BCUT2D eigenvalue weighted by atomic mass is 9.97. The monoisotopic (exact) mass is 249 g/mol. The maximum Gasteiger partial charge on any atom is 0.269 e. The molecule has 6 nitrogen and oxygen atoms in total. The second kappa shape index (κ2) is 5.03. The van der Waals surface area contributed by atoms with Crippen molar-refractivity contribution in [3.8, 4) is 0 Å². The van der Waals surface area contributed by atoms with Crippen LogP contribution in [0.25, 0.3) is 0 Å². The van der Waals surface area contributed by atoms with Gasteiger partial charge in [-0.15, -0.1) is 0 Å². The molecule has 18 heavy (non-hydrogen) atoms. The number of carbonyl (C=O) groups is 1. The summed E-state index contributed by atoms with van der Waals surface area (Å²) in [5.41, 5.74) is 0.945. The van der Waals surface area contributed by atoms with Crippen molar-refractivity contribution in [2.45, 2.75) is 12.8 Å². The van der Waals surface area contributed by atoms with Crippen LogP contribution in [0.15, 0.2) is 24.3 Å². The second-order valence-electron chi connectivity index (χ2n) is 4.35. The molecule has 0 spiro atoms. The van der Waals surface area contributed by atoms with Crippen molar-refractivity contribution < 1.29 is 14.8 Å². The lowest BCUT2D eigenvalue weighted by molar-refractivity contribution is -0.384. The van der Waals surface area contributed by atoms with Crippen LogP contribution in [0.3, 0.4) is 0 Å². The van der Waals surface area contributed by atoms with Crippen LogP contribution in [0, 0.1) is 16.0 Å². The van der Waals surface area contributed by atoms with E-state index in [4.69, 9.17) is 0 Å². The molecule has 1 aliphatic heterocycles. The predicted molar refractivity (Wildman–Crippen MR) is 63.0 cm³/mol. The van der Waals surface area contributed by atoms with Crippen LogP contribution >= 0.6 is 0 Å². The number of anilines is 1. The Morgan fingerprint density at radius 1 is 1.22 bits per heavy atom. The molecule has 0 radical (unpaired) electrons. The molecule has 2 rings (SSSR count). The van der Waals surface area contributed by atoms with E-state index in [9.17, 15) is 20.0 Å². The zero-order chi connectivity index (χ0) is 13.1. The van der Waals surface area contributed by atoms with E-state index < -0.39 is 10.9 Å². The van der Waals surface area contributed by atoms with Gasteiger partial charge in [-0.3, -0.25) is 10.1 Å². The number of nitro benzene ring substituents is 1. The number of hydrogen-bond donors (Lipinski definition) is 0. The molecule has 0 aromatic heterocycles. The van der Waals surface area contributed by atoms with Crippen LogP contribution in [-0.2, 0) is 4.79 Å². The Hall–Kier alpha value is -2.11. The zero-order valence-corrected chi connectivity index (χ0v) is 9.74. The van der Waals surface area contributed by atoms with Gasteiger partial charge in [0.2, 0.25) is 0 Å². The number of carboxylic acid groups (broad SMARTS) is 1. The summed E-state index contributed by atoms with van der Waals surface area (Å²) in [6.07, 6.45) is 1.11. The van der Waals surface area contributed by atoms with Crippen molar-refractivity contribution in [3.05, 3.63) is 34.4 Å². The smallest absolute Gasteiger partial charge is 0.269 e. The van der Waals surface area contributed by atoms with Crippen molar-refractivity contribution in [3.63, 3.8) is 0 Å². The molecule has 6 heteroatoms. The third-order valence-corrected chi connectivity index (χ3v) is 3.25. The molecular weight excluding hydrogens is 236 g/mol. The van der Waals surface area contributed by atoms with E-state index in [0.29, 0.717) is 25.9 Å². The summed E-state index contributed by atoms with van der Waals surface area (Å²) in [7, 11) is 0. The standard InChI is InChI=1S/C12H14N2O4/c15-12(16)9-5-7-13(8-6-9)10-1-3-11(4-2-10)14(17)18/h1-4,9H,5-8H2,(H,15,16)/p-1. The fourth-order valence-corrected chi connectivity index (χ4v) is 2.16. The van der Waals surface area contributed by atoms with Crippen molar-refractivity contribution in [1.82, 2.24) is 0 Å². The molecule has 0 N–H and O–H groups in total. The molecule has 0 aliphatic carbocycles. The Bertz CT molecular complexity index is 450. The van der Waals surface area contributed by atoms with Gasteiger partial charge in [-0.25, -0.2) is 0 Å². The number of nitrogens with zero attached hydrogens (tertiary/aromatic N) is 2. The summed E-state index contributed by atoms with van der Waals surface area (Å²) in [5, 5.41) is 21.2. The van der Waals surface area contributed by atoms with E-state index in [1.54, 1.807) is 12.1 Å². The van der Waals surface area contributed by atoms with Crippen LogP contribution in [0.4, 0.5) is 11.4 Å². The first kappa shape index (κ1) is 12.3. The highest BCUT2D eigenvalue weighted by Gasteiger charge is 2.20. The van der Waals surface area contributed by atoms with Crippen LogP contribution in [0.2, 0.25) is 0 Å². The largest absolute Gasteiger partial charge is 0.550 e. The van der Waals surface area contributed by atoms with E-state index in [1.165, 1.54) is 12.1 Å². The minimum Gasteiger partial charge on any atom is -0.550 e. The molecular formula is C12H13N2O4-. The quantitative estimate of drug-likeness (QED) is 0.577. The molecule has 1 aliphatic rings. The van der Waals surface area contributed by atoms with E-state index in [1.807, 2.05) is 4.90 Å². The van der Waals surface area contributed by atoms with Gasteiger partial charge in [0.05, 0.1) is 4.92 Å². The molecule has 1 aromatic carbocycles. The number of piperidine rings is 1. The highest BCUT2D eigenvalue weighted by atomic mass is 16.6. The van der Waals surface area contributed by atoms with Crippen LogP contribution in [0.1, 0.15) is 12.8 Å². The molecule has 0 unspecified atom stereocenters. The third kappa shape index (κ3) is 2.58. The molecule has 1 fully saturated rings. The normalized spacial score (nSPS) is 16.6. The van der Waals surface area contributed by atoms with Gasteiger partial charge < -0.3 is 14.8 Å². The number of hydrogen-bond acceptors (Lipinski definition) is 5. The Kier molecular flexibility index (Phi) is 3.45. The number of carbonyl (C=O) groups excluding carboxylic acids is 1. The fraction of sp³-hybridized carbons (Fsp3) is 0.417. The average molecular weight is 249 g/mol. The average Bonchev–Trinajstić information content (AvgIpc) is 2.39. The Balaban J connectivity index is 2.01. The first-order chi connectivity index (χ1) is 8.58. The summed E-state index contributed by atoms with van der Waals surface area (Å²) in [5.74, 6) is -1.36. The van der Waals surface area contributed by atoms with Gasteiger partial charge in [0.25, 0.3) is 5.69 Å². The van der Waals surface area contributed by atoms with Crippen LogP contribution in [0.5, 0.6) is 0 Å². The van der Waals surface area contributed by atoms with Crippen molar-refractivity contribution in [2.24, 2.45) is 5.92 Å². The summed E-state index contributed by atoms with van der Waals surface area (Å²) < 4.78 is 0. The van der Waals surface area contributed by atoms with Crippen LogP contribution < -0.4 is 10.0 Å². The van der Waals surface area contributed by atoms with Gasteiger partial charge in [0.1, 0.15) is 0 Å². The van der Waals surface area contributed by atoms with E-state index in [2.05, 4.69) is 0 Å². The molecule has 96 valence electrons. The van der Waals surface area contributed by atoms with E-state index in [0.717, 1.165) is 5.69 Å². The number of carboxylic acids is 1. The third-order valence-electron chi connectivity index (χ3n) is 3.25. The van der Waals surface area contributed by atoms with Gasteiger partial charge in [-0.2, -0.15) is 0 Å². The van der Waals surface area contributed by atoms with E-state index >= 15 is 0 Å². The Morgan fingerprint density at radius 2 is 1.78 bits per heavy atom. The molecule has 0 saturated carbocycles. The van der Waals surface area contributed by atoms with Crippen molar-refractivity contribution in [2.75, 3.05) is 18.0 Å². The van der Waals surface area contributed by atoms with Crippen molar-refractivity contribution >= 4 is 17.3 Å². The molecule has 1 heterocycles. The molecule has 0 amide bonds. The van der Waals surface area contributed by atoms with Gasteiger partial charge in [-0.1, -0.05) is 0 Å². The van der Waals surface area contributed by atoms with Gasteiger partial charge >= 0.3 is 0 Å². The predicted octanol–water partition coefficient (Wildman–Crippen LogP) is 0.561. The number of rotatable bonds is 3. The van der Waals surface area contributed by atoms with Crippen LogP contribution in [-0.4, -0.2) is 24.0 Å².